The van der Waals surface area contributed by atoms with Gasteiger partial charge in [-0.25, -0.2) is 4.98 Å². The molecule has 1 aromatic carbocycles. The van der Waals surface area contributed by atoms with Crippen LogP contribution in [0, 0.1) is 6.92 Å². The number of nitrogens with zero attached hydrogens (tertiary/aromatic N) is 4. The van der Waals surface area contributed by atoms with Crippen LogP contribution in [-0.4, -0.2) is 78.1 Å². The molecular formula is C16H23N5O3S. The molecule has 1 aromatic heterocycles. The smallest absolute Gasteiger partial charge is 0.281 e. The summed E-state index contributed by atoms with van der Waals surface area (Å²) >= 11 is 0. The Balaban J connectivity index is 1.62. The van der Waals surface area contributed by atoms with Crippen molar-refractivity contribution in [3.05, 3.63) is 29.6 Å². The van der Waals surface area contributed by atoms with Crippen molar-refractivity contribution >= 4 is 27.1 Å². The highest BCUT2D eigenvalue weighted by molar-refractivity contribution is 7.86. The summed E-state index contributed by atoms with van der Waals surface area (Å²) in [7, 11) is -0.384. The second kappa shape index (κ2) is 6.74. The predicted molar refractivity (Wildman–Crippen MR) is 95.3 cm³/mol. The van der Waals surface area contributed by atoms with Crippen LogP contribution < -0.4 is 0 Å². The van der Waals surface area contributed by atoms with E-state index in [1.807, 2.05) is 25.1 Å². The van der Waals surface area contributed by atoms with Crippen molar-refractivity contribution in [3.63, 3.8) is 0 Å². The zero-order valence-corrected chi connectivity index (χ0v) is 15.5. The highest BCUT2D eigenvalue weighted by Crippen LogP contribution is 2.16. The Morgan fingerprint density at radius 3 is 2.56 bits per heavy atom. The van der Waals surface area contributed by atoms with Gasteiger partial charge in [0.05, 0.1) is 17.5 Å². The fourth-order valence-corrected chi connectivity index (χ4v) is 4.07. The first-order valence-corrected chi connectivity index (χ1v) is 9.57. The van der Waals surface area contributed by atoms with E-state index < -0.39 is 10.2 Å². The molecule has 1 saturated heterocycles. The molecule has 0 bridgehead atoms. The van der Waals surface area contributed by atoms with Crippen molar-refractivity contribution < 1.29 is 13.2 Å². The summed E-state index contributed by atoms with van der Waals surface area (Å²) in [5.41, 5.74) is 2.73. The minimum Gasteiger partial charge on any atom is -0.342 e. The van der Waals surface area contributed by atoms with E-state index in [4.69, 9.17) is 0 Å². The first-order valence-electron chi connectivity index (χ1n) is 8.18. The monoisotopic (exact) mass is 365 g/mol. The Hall–Kier alpha value is -1.97. The molecule has 136 valence electrons. The fourth-order valence-electron chi connectivity index (χ4n) is 2.98. The molecule has 0 atom stereocenters. The van der Waals surface area contributed by atoms with Crippen LogP contribution in [0.2, 0.25) is 0 Å². The number of fused-ring (bicyclic) bond motifs is 1. The summed E-state index contributed by atoms with van der Waals surface area (Å²) in [6, 6.07) is 5.76. The Morgan fingerprint density at radius 1 is 1.24 bits per heavy atom. The normalized spacial score (nSPS) is 16.7. The summed E-state index contributed by atoms with van der Waals surface area (Å²) in [5, 5.41) is 0. The van der Waals surface area contributed by atoms with Gasteiger partial charge in [0.25, 0.3) is 10.2 Å². The molecule has 2 heterocycles. The molecule has 1 amide bonds. The topological polar surface area (TPSA) is 89.6 Å². The lowest BCUT2D eigenvalue weighted by molar-refractivity contribution is -0.131. The first kappa shape index (κ1) is 17.8. The van der Waals surface area contributed by atoms with Crippen LogP contribution >= 0.6 is 0 Å². The third kappa shape index (κ3) is 3.68. The number of imidazole rings is 1. The maximum atomic E-state index is 12.5. The van der Waals surface area contributed by atoms with Crippen molar-refractivity contribution in [3.8, 4) is 0 Å². The van der Waals surface area contributed by atoms with Crippen molar-refractivity contribution in [1.82, 2.24) is 23.5 Å². The second-order valence-electron chi connectivity index (χ2n) is 6.42. The molecule has 0 aliphatic carbocycles. The van der Waals surface area contributed by atoms with Crippen molar-refractivity contribution in [2.45, 2.75) is 13.3 Å². The van der Waals surface area contributed by atoms with Gasteiger partial charge < -0.3 is 9.88 Å². The summed E-state index contributed by atoms with van der Waals surface area (Å²) in [5.74, 6) is 0.856. The molecule has 0 radical (unpaired) electrons. The molecule has 1 aliphatic heterocycles. The number of aromatic amines is 1. The number of rotatable bonds is 4. The first-order chi connectivity index (χ1) is 11.8. The van der Waals surface area contributed by atoms with Crippen molar-refractivity contribution in [1.29, 1.82) is 0 Å². The molecular weight excluding hydrogens is 342 g/mol. The summed E-state index contributed by atoms with van der Waals surface area (Å²) in [6.45, 7) is 3.37. The lowest BCUT2D eigenvalue weighted by Crippen LogP contribution is -2.53. The average molecular weight is 365 g/mol. The lowest BCUT2D eigenvalue weighted by Gasteiger charge is -2.35. The third-order valence-electron chi connectivity index (χ3n) is 4.40. The minimum atomic E-state index is -3.41. The van der Waals surface area contributed by atoms with Gasteiger partial charge in [0, 0.05) is 40.3 Å². The van der Waals surface area contributed by atoms with Gasteiger partial charge in [0.15, 0.2) is 0 Å². The molecule has 1 aliphatic rings. The van der Waals surface area contributed by atoms with Gasteiger partial charge >= 0.3 is 0 Å². The van der Waals surface area contributed by atoms with E-state index in [2.05, 4.69) is 9.97 Å². The zero-order valence-electron chi connectivity index (χ0n) is 14.7. The molecule has 0 spiro atoms. The molecule has 1 fully saturated rings. The molecule has 2 aromatic rings. The summed E-state index contributed by atoms with van der Waals surface area (Å²) in [4.78, 5) is 21.8. The van der Waals surface area contributed by atoms with Gasteiger partial charge in [-0.3, -0.25) is 4.79 Å². The number of aromatic nitrogens is 2. The van der Waals surface area contributed by atoms with E-state index in [0.29, 0.717) is 32.6 Å². The number of H-pyrrole nitrogens is 1. The van der Waals surface area contributed by atoms with Gasteiger partial charge in [0.1, 0.15) is 5.82 Å². The number of piperazine rings is 1. The summed E-state index contributed by atoms with van der Waals surface area (Å²) < 4.78 is 26.9. The molecule has 25 heavy (non-hydrogen) atoms. The number of amides is 1. The van der Waals surface area contributed by atoms with E-state index in [1.165, 1.54) is 22.7 Å². The molecule has 1 N–H and O–H groups in total. The third-order valence-corrected chi connectivity index (χ3v) is 6.34. The molecule has 8 nitrogen and oxygen atoms in total. The Morgan fingerprint density at radius 2 is 1.92 bits per heavy atom. The number of hydrogen-bond donors (Lipinski definition) is 1. The van der Waals surface area contributed by atoms with Crippen LogP contribution in [0.5, 0.6) is 0 Å². The van der Waals surface area contributed by atoms with Crippen LogP contribution in [0.1, 0.15) is 11.4 Å². The highest BCUT2D eigenvalue weighted by atomic mass is 32.2. The Labute approximate surface area is 147 Å². The summed E-state index contributed by atoms with van der Waals surface area (Å²) in [6.07, 6.45) is 0.300. The minimum absolute atomic E-state index is 0.0116. The lowest BCUT2D eigenvalue weighted by atomic mass is 10.1. The largest absolute Gasteiger partial charge is 0.342 e. The van der Waals surface area contributed by atoms with E-state index in [0.717, 1.165) is 22.4 Å². The van der Waals surface area contributed by atoms with Gasteiger partial charge in [-0.2, -0.15) is 17.0 Å². The number of hydrogen-bond acceptors (Lipinski definition) is 4. The Kier molecular flexibility index (Phi) is 4.81. The number of carbonyl (C=O) groups excluding carboxylic acids is 1. The van der Waals surface area contributed by atoms with Crippen LogP contribution in [0.25, 0.3) is 11.0 Å². The van der Waals surface area contributed by atoms with E-state index in [9.17, 15) is 13.2 Å². The highest BCUT2D eigenvalue weighted by Gasteiger charge is 2.30. The van der Waals surface area contributed by atoms with Gasteiger partial charge in [-0.1, -0.05) is 6.07 Å². The number of benzene rings is 1. The molecule has 0 saturated carbocycles. The Bertz CT molecular complexity index is 882. The maximum Gasteiger partial charge on any atom is 0.281 e. The quantitative estimate of drug-likeness (QED) is 0.847. The van der Waals surface area contributed by atoms with Crippen LogP contribution in [0.4, 0.5) is 0 Å². The maximum absolute atomic E-state index is 12.5. The molecule has 3 rings (SSSR count). The second-order valence-corrected chi connectivity index (χ2v) is 8.56. The SMILES string of the molecule is Cc1nc2ccc(CC(=O)N3CCN(S(=O)(=O)N(C)C)CC3)cc2[nH]1. The zero-order chi connectivity index (χ0) is 18.2. The van der Waals surface area contributed by atoms with Gasteiger partial charge in [0.2, 0.25) is 5.91 Å². The average Bonchev–Trinajstić information content (AvgIpc) is 2.94. The van der Waals surface area contributed by atoms with Crippen LogP contribution in [-0.2, 0) is 21.4 Å². The van der Waals surface area contributed by atoms with Gasteiger partial charge in [-0.05, 0) is 24.6 Å². The predicted octanol–water partition coefficient (Wildman–Crippen LogP) is 0.364. The van der Waals surface area contributed by atoms with E-state index in [-0.39, 0.29) is 5.91 Å². The van der Waals surface area contributed by atoms with Crippen LogP contribution in [0.15, 0.2) is 18.2 Å². The number of carbonyl (C=O) groups is 1. The fraction of sp³-hybridized carbons (Fsp3) is 0.500. The van der Waals surface area contributed by atoms with Crippen LogP contribution in [0.3, 0.4) is 0 Å². The standard InChI is InChI=1S/C16H23N5O3S/c1-12-17-14-5-4-13(10-15(14)18-12)11-16(22)20-6-8-21(9-7-20)25(23,24)19(2)3/h4-5,10H,6-9,11H2,1-3H3,(H,17,18). The number of nitrogens with one attached hydrogen (secondary N) is 1. The van der Waals surface area contributed by atoms with Crippen molar-refractivity contribution in [2.24, 2.45) is 0 Å². The van der Waals surface area contributed by atoms with Gasteiger partial charge in [-0.15, -0.1) is 0 Å². The number of aryl methyl sites for hydroxylation is 1. The van der Waals surface area contributed by atoms with E-state index >= 15 is 0 Å². The molecule has 9 heteroatoms. The van der Waals surface area contributed by atoms with Crippen molar-refractivity contribution in [2.75, 3.05) is 40.3 Å². The molecule has 0 unspecified atom stereocenters. The van der Waals surface area contributed by atoms with E-state index in [1.54, 1.807) is 4.90 Å².